The highest BCUT2D eigenvalue weighted by Crippen LogP contribution is 2.34. The molecule has 0 amide bonds. The number of hydrogen-bond acceptors (Lipinski definition) is 3. The van der Waals surface area contributed by atoms with Crippen molar-refractivity contribution in [1.82, 2.24) is 0 Å². The Balaban J connectivity index is 2.44. The molecule has 0 bridgehead atoms. The van der Waals surface area contributed by atoms with Crippen molar-refractivity contribution < 1.29 is 13.2 Å². The first kappa shape index (κ1) is 12.2. The van der Waals surface area contributed by atoms with Crippen LogP contribution in [0.2, 0.25) is 0 Å². The van der Waals surface area contributed by atoms with Crippen LogP contribution in [-0.2, 0) is 10.0 Å². The quantitative estimate of drug-likeness (QED) is 0.829. The molecule has 0 radical (unpaired) electrons. The molecule has 17 heavy (non-hydrogen) atoms. The van der Waals surface area contributed by atoms with Gasteiger partial charge in [0.1, 0.15) is 12.4 Å². The van der Waals surface area contributed by atoms with Gasteiger partial charge < -0.3 is 4.74 Å². The van der Waals surface area contributed by atoms with Gasteiger partial charge in [0.15, 0.2) is 0 Å². The summed E-state index contributed by atoms with van der Waals surface area (Å²) in [5.74, 6) is 0.835. The van der Waals surface area contributed by atoms with Gasteiger partial charge in [-0.2, -0.15) is 0 Å². The zero-order valence-corrected chi connectivity index (χ0v) is 11.0. The molecule has 1 heterocycles. The lowest BCUT2D eigenvalue weighted by atomic mass is 10.2. The fourth-order valence-corrected chi connectivity index (χ4v) is 3.49. The second-order valence-corrected chi connectivity index (χ2v) is 6.22. The minimum absolute atomic E-state index is 0.181. The number of sulfonamides is 1. The van der Waals surface area contributed by atoms with Crippen molar-refractivity contribution in [2.75, 3.05) is 23.2 Å². The molecule has 1 aromatic rings. The van der Waals surface area contributed by atoms with E-state index in [9.17, 15) is 8.42 Å². The zero-order valence-electron chi connectivity index (χ0n) is 10.1. The van der Waals surface area contributed by atoms with Crippen LogP contribution in [0.4, 0.5) is 5.69 Å². The Morgan fingerprint density at radius 1 is 1.41 bits per heavy atom. The van der Waals surface area contributed by atoms with Crippen molar-refractivity contribution >= 4 is 15.7 Å². The van der Waals surface area contributed by atoms with Gasteiger partial charge in [-0.25, -0.2) is 8.42 Å². The highest BCUT2D eigenvalue weighted by atomic mass is 32.2. The molecule has 0 saturated carbocycles. The van der Waals surface area contributed by atoms with Crippen LogP contribution in [0.3, 0.4) is 0 Å². The number of benzene rings is 1. The summed E-state index contributed by atoms with van der Waals surface area (Å²) in [5.41, 5.74) is 1.70. The molecule has 0 unspecified atom stereocenters. The molecule has 5 heteroatoms. The molecule has 0 aliphatic carbocycles. The molecule has 0 N–H and O–H groups in total. The van der Waals surface area contributed by atoms with Crippen LogP contribution >= 0.6 is 0 Å². The lowest BCUT2D eigenvalue weighted by Crippen LogP contribution is -2.39. The van der Waals surface area contributed by atoms with Crippen LogP contribution in [-0.4, -0.2) is 27.3 Å². The number of rotatable bonds is 3. The van der Waals surface area contributed by atoms with Gasteiger partial charge in [0, 0.05) is 0 Å². The number of ether oxygens (including phenoxy) is 1. The van der Waals surface area contributed by atoms with Crippen molar-refractivity contribution in [3.8, 4) is 5.75 Å². The van der Waals surface area contributed by atoms with Crippen molar-refractivity contribution in [1.29, 1.82) is 0 Å². The van der Waals surface area contributed by atoms with Gasteiger partial charge in [0.2, 0.25) is 10.0 Å². The Labute approximate surface area is 102 Å². The van der Waals surface area contributed by atoms with Crippen molar-refractivity contribution in [3.63, 3.8) is 0 Å². The maximum absolute atomic E-state index is 12.1. The minimum atomic E-state index is -3.21. The van der Waals surface area contributed by atoms with E-state index in [0.29, 0.717) is 31.0 Å². The van der Waals surface area contributed by atoms with E-state index < -0.39 is 10.0 Å². The SMILES string of the molecule is CCCS(=O)(=O)N1CCOc2ccc(C)cc21. The van der Waals surface area contributed by atoms with Crippen LogP contribution in [0.1, 0.15) is 18.9 Å². The van der Waals surface area contributed by atoms with Crippen LogP contribution in [0.25, 0.3) is 0 Å². The Hall–Kier alpha value is -1.23. The van der Waals surface area contributed by atoms with Gasteiger partial charge in [-0.1, -0.05) is 13.0 Å². The fraction of sp³-hybridized carbons (Fsp3) is 0.500. The number of fused-ring (bicyclic) bond motifs is 1. The first-order valence-electron chi connectivity index (χ1n) is 5.78. The maximum Gasteiger partial charge on any atom is 0.235 e. The van der Waals surface area contributed by atoms with E-state index in [1.165, 1.54) is 4.31 Å². The second kappa shape index (κ2) is 4.56. The van der Waals surface area contributed by atoms with Gasteiger partial charge >= 0.3 is 0 Å². The van der Waals surface area contributed by atoms with E-state index in [1.807, 2.05) is 32.0 Å². The molecule has 1 aromatic carbocycles. The van der Waals surface area contributed by atoms with Gasteiger partial charge in [-0.05, 0) is 31.0 Å². The molecule has 0 spiro atoms. The van der Waals surface area contributed by atoms with E-state index in [-0.39, 0.29) is 5.75 Å². The second-order valence-electron chi connectivity index (χ2n) is 4.21. The Bertz CT molecular complexity index is 510. The highest BCUT2D eigenvalue weighted by Gasteiger charge is 2.27. The summed E-state index contributed by atoms with van der Waals surface area (Å²) in [6, 6.07) is 5.62. The molecule has 0 atom stereocenters. The molecule has 0 aromatic heterocycles. The fourth-order valence-electron chi connectivity index (χ4n) is 1.96. The normalized spacial score (nSPS) is 15.3. The molecular formula is C12H17NO3S. The third-order valence-corrected chi connectivity index (χ3v) is 4.71. The Morgan fingerprint density at radius 2 is 2.18 bits per heavy atom. The molecule has 4 nitrogen and oxygen atoms in total. The van der Waals surface area contributed by atoms with Crippen molar-refractivity contribution in [2.45, 2.75) is 20.3 Å². The lowest BCUT2D eigenvalue weighted by Gasteiger charge is -2.30. The summed E-state index contributed by atoms with van der Waals surface area (Å²) in [6.07, 6.45) is 0.626. The van der Waals surface area contributed by atoms with Gasteiger partial charge in [-0.15, -0.1) is 0 Å². The number of nitrogens with zero attached hydrogens (tertiary/aromatic N) is 1. The summed E-state index contributed by atoms with van der Waals surface area (Å²) in [5, 5.41) is 0. The summed E-state index contributed by atoms with van der Waals surface area (Å²) >= 11 is 0. The minimum Gasteiger partial charge on any atom is -0.489 e. The van der Waals surface area contributed by atoms with E-state index in [4.69, 9.17) is 4.74 Å². The summed E-state index contributed by atoms with van der Waals surface area (Å²) in [6.45, 7) is 4.63. The van der Waals surface area contributed by atoms with E-state index in [1.54, 1.807) is 0 Å². The Morgan fingerprint density at radius 3 is 2.88 bits per heavy atom. The highest BCUT2D eigenvalue weighted by molar-refractivity contribution is 7.92. The topological polar surface area (TPSA) is 46.6 Å². The molecule has 0 fully saturated rings. The first-order valence-corrected chi connectivity index (χ1v) is 7.39. The monoisotopic (exact) mass is 255 g/mol. The summed E-state index contributed by atoms with van der Waals surface area (Å²) in [4.78, 5) is 0. The van der Waals surface area contributed by atoms with E-state index in [2.05, 4.69) is 0 Å². The van der Waals surface area contributed by atoms with E-state index >= 15 is 0 Å². The molecule has 2 rings (SSSR count). The smallest absolute Gasteiger partial charge is 0.235 e. The average Bonchev–Trinajstić information content (AvgIpc) is 2.28. The summed E-state index contributed by atoms with van der Waals surface area (Å²) in [7, 11) is -3.21. The number of anilines is 1. The van der Waals surface area contributed by atoms with E-state index in [0.717, 1.165) is 5.56 Å². The number of aryl methyl sites for hydroxylation is 1. The van der Waals surface area contributed by atoms with Crippen LogP contribution in [0.5, 0.6) is 5.75 Å². The molecule has 94 valence electrons. The Kier molecular flexibility index (Phi) is 3.28. The largest absolute Gasteiger partial charge is 0.489 e. The maximum atomic E-state index is 12.1. The van der Waals surface area contributed by atoms with Gasteiger partial charge in [-0.3, -0.25) is 4.31 Å². The molecule has 1 aliphatic heterocycles. The average molecular weight is 255 g/mol. The molecular weight excluding hydrogens is 238 g/mol. The first-order chi connectivity index (χ1) is 8.04. The zero-order chi connectivity index (χ0) is 12.5. The third-order valence-electron chi connectivity index (χ3n) is 2.73. The third kappa shape index (κ3) is 2.39. The predicted octanol–water partition coefficient (Wildman–Crippen LogP) is 1.93. The predicted molar refractivity (Wildman–Crippen MR) is 68.1 cm³/mol. The molecule has 1 aliphatic rings. The van der Waals surface area contributed by atoms with Crippen molar-refractivity contribution in [3.05, 3.63) is 23.8 Å². The standard InChI is InChI=1S/C12H17NO3S/c1-3-8-17(14,15)13-6-7-16-12-5-4-10(2)9-11(12)13/h4-5,9H,3,6-8H2,1-2H3. The van der Waals surface area contributed by atoms with Crippen LogP contribution in [0.15, 0.2) is 18.2 Å². The molecule has 0 saturated heterocycles. The summed E-state index contributed by atoms with van der Waals surface area (Å²) < 4.78 is 31.2. The van der Waals surface area contributed by atoms with Crippen LogP contribution in [0, 0.1) is 6.92 Å². The van der Waals surface area contributed by atoms with Gasteiger partial charge in [0.05, 0.1) is 18.0 Å². The van der Waals surface area contributed by atoms with Crippen molar-refractivity contribution in [2.24, 2.45) is 0 Å². The number of hydrogen-bond donors (Lipinski definition) is 0. The van der Waals surface area contributed by atoms with Gasteiger partial charge in [0.25, 0.3) is 0 Å². The van der Waals surface area contributed by atoms with Crippen LogP contribution < -0.4 is 9.04 Å². The lowest BCUT2D eigenvalue weighted by molar-refractivity contribution is 0.315.